The monoisotopic (exact) mass is 638 g/mol. The summed E-state index contributed by atoms with van der Waals surface area (Å²) in [6.45, 7) is 2.51. The van der Waals surface area contributed by atoms with E-state index in [1.54, 1.807) is 29.2 Å². The molecule has 4 bridgehead atoms. The minimum atomic E-state index is -4.39. The number of hydrogen-bond acceptors (Lipinski definition) is 4. The minimum Gasteiger partial charge on any atom is -0.478 e. The Hall–Kier alpha value is -3.30. The minimum absolute atomic E-state index is 0.113. The van der Waals surface area contributed by atoms with Crippen molar-refractivity contribution in [2.45, 2.75) is 80.8 Å². The van der Waals surface area contributed by atoms with Crippen LogP contribution in [0.1, 0.15) is 78.1 Å². The highest BCUT2D eigenvalue weighted by atomic mass is 32.2. The van der Waals surface area contributed by atoms with Gasteiger partial charge in [0.05, 0.1) is 17.5 Å². The highest BCUT2D eigenvalue weighted by Gasteiger charge is 2.48. The van der Waals surface area contributed by atoms with Gasteiger partial charge < -0.3 is 15.7 Å². The maximum Gasteiger partial charge on any atom is 0.416 e. The van der Waals surface area contributed by atoms with Crippen molar-refractivity contribution in [1.82, 2.24) is 4.90 Å². The largest absolute Gasteiger partial charge is 0.478 e. The van der Waals surface area contributed by atoms with Gasteiger partial charge in [-0.05, 0) is 110 Å². The van der Waals surface area contributed by atoms with Crippen molar-refractivity contribution in [3.8, 4) is 0 Å². The van der Waals surface area contributed by atoms with Gasteiger partial charge in [0.25, 0.3) is 0 Å². The lowest BCUT2D eigenvalue weighted by atomic mass is 9.53. The summed E-state index contributed by atoms with van der Waals surface area (Å²) in [5.41, 5.74) is 8.39. The molecule has 4 fully saturated rings. The molecule has 0 heterocycles. The van der Waals surface area contributed by atoms with Crippen LogP contribution in [0.15, 0.2) is 77.7 Å². The molecule has 3 aromatic carbocycles. The molecule has 5 nitrogen and oxygen atoms in total. The van der Waals surface area contributed by atoms with Crippen LogP contribution in [0.25, 0.3) is 0 Å². The third-order valence-electron chi connectivity index (χ3n) is 9.40. The molecule has 0 unspecified atom stereocenters. The third kappa shape index (κ3) is 8.70. The summed E-state index contributed by atoms with van der Waals surface area (Å²) in [6.07, 6.45) is 4.37. The van der Waals surface area contributed by atoms with Gasteiger partial charge in [-0.3, -0.25) is 4.79 Å². The number of amides is 1. The molecule has 0 atom stereocenters. The first kappa shape index (κ1) is 33.1. The average Bonchev–Trinajstić information content (AvgIpc) is 2.98. The Labute approximate surface area is 267 Å². The van der Waals surface area contributed by atoms with Crippen LogP contribution in [-0.4, -0.2) is 34.0 Å². The Morgan fingerprint density at radius 3 is 1.96 bits per heavy atom. The lowest BCUT2D eigenvalue weighted by Gasteiger charge is -2.55. The molecule has 4 aliphatic carbocycles. The quantitative estimate of drug-likeness (QED) is 0.231. The molecule has 3 N–H and O–H groups in total. The zero-order valence-corrected chi connectivity index (χ0v) is 26.4. The number of carbonyl (C=O) groups excluding carboxylic acids is 1. The Morgan fingerprint density at radius 1 is 0.889 bits per heavy atom. The van der Waals surface area contributed by atoms with E-state index in [4.69, 9.17) is 5.73 Å². The number of carbonyl (C=O) groups is 2. The van der Waals surface area contributed by atoms with E-state index in [1.807, 2.05) is 31.2 Å². The van der Waals surface area contributed by atoms with E-state index >= 15 is 0 Å². The fourth-order valence-corrected chi connectivity index (χ4v) is 8.48. The summed E-state index contributed by atoms with van der Waals surface area (Å²) in [5.74, 6) is 2.50. The molecule has 45 heavy (non-hydrogen) atoms. The summed E-state index contributed by atoms with van der Waals surface area (Å²) in [5, 5.41) is 9.30. The zero-order valence-electron chi connectivity index (χ0n) is 25.6. The maximum absolute atomic E-state index is 12.8. The molecular formula is C36H41F3N2O3S. The summed E-state index contributed by atoms with van der Waals surface area (Å²) in [4.78, 5) is 26.7. The summed E-state index contributed by atoms with van der Waals surface area (Å²) in [6, 6.07) is 19.2. The predicted molar refractivity (Wildman–Crippen MR) is 171 cm³/mol. The molecule has 0 aliphatic heterocycles. The third-order valence-corrected chi connectivity index (χ3v) is 10.5. The SMILES string of the molecule is CCN(Cc1ccc(C(F)(F)F)cc1)C(=O)Cc1ccc(SCc2ccccc2C(=O)O)cc1.NC12CC3CC(CC(C3)C1)C2. The molecule has 0 spiro atoms. The van der Waals surface area contributed by atoms with Crippen molar-refractivity contribution in [1.29, 1.82) is 0 Å². The first-order chi connectivity index (χ1) is 21.4. The normalized spacial score (nSPS) is 23.3. The molecule has 0 radical (unpaired) electrons. The molecule has 1 amide bonds. The van der Waals surface area contributed by atoms with Gasteiger partial charge in [0.15, 0.2) is 0 Å². The standard InChI is InChI=1S/C26H24F3NO3S.C10H17N/c1-2-30(16-19-7-11-21(12-8-19)26(27,28)29)24(31)15-18-9-13-22(14-10-18)34-17-20-5-3-4-6-23(20)25(32)33;11-10-4-7-1-8(5-10)3-9(2-7)6-10/h3-14H,2,15-17H2,1H3,(H,32,33);7-9H,1-6,11H2. The van der Waals surface area contributed by atoms with Gasteiger partial charge >= 0.3 is 12.1 Å². The van der Waals surface area contributed by atoms with Crippen LogP contribution in [0.4, 0.5) is 13.2 Å². The second kappa shape index (κ2) is 14.0. The molecule has 9 heteroatoms. The maximum atomic E-state index is 12.8. The van der Waals surface area contributed by atoms with Crippen molar-refractivity contribution in [3.63, 3.8) is 0 Å². The zero-order chi connectivity index (χ0) is 32.2. The number of nitrogens with two attached hydrogens (primary N) is 1. The smallest absolute Gasteiger partial charge is 0.416 e. The molecule has 0 aromatic heterocycles. The number of aromatic carboxylic acids is 1. The summed E-state index contributed by atoms with van der Waals surface area (Å²) < 4.78 is 38.2. The van der Waals surface area contributed by atoms with Gasteiger partial charge in [-0.2, -0.15) is 13.2 Å². The van der Waals surface area contributed by atoms with Crippen molar-refractivity contribution in [3.05, 3.63) is 101 Å². The molecule has 3 aromatic rings. The number of alkyl halides is 3. The number of carboxylic acids is 1. The molecular weight excluding hydrogens is 597 g/mol. The van der Waals surface area contributed by atoms with Crippen LogP contribution in [0, 0.1) is 17.8 Å². The van der Waals surface area contributed by atoms with E-state index in [0.717, 1.165) is 45.9 Å². The van der Waals surface area contributed by atoms with E-state index in [1.165, 1.54) is 62.4 Å². The number of halogens is 3. The molecule has 7 rings (SSSR count). The van der Waals surface area contributed by atoms with E-state index in [0.29, 0.717) is 23.4 Å². The van der Waals surface area contributed by atoms with Crippen molar-refractivity contribution < 1.29 is 27.9 Å². The number of carboxylic acid groups (broad SMARTS) is 1. The average molecular weight is 639 g/mol. The van der Waals surface area contributed by atoms with E-state index in [9.17, 15) is 27.9 Å². The van der Waals surface area contributed by atoms with Gasteiger partial charge in [0.1, 0.15) is 0 Å². The molecule has 4 aliphatic rings. The Morgan fingerprint density at radius 2 is 1.44 bits per heavy atom. The fraction of sp³-hybridized carbons (Fsp3) is 0.444. The predicted octanol–water partition coefficient (Wildman–Crippen LogP) is 8.20. The summed E-state index contributed by atoms with van der Waals surface area (Å²) >= 11 is 1.51. The van der Waals surface area contributed by atoms with Gasteiger partial charge in [-0.1, -0.05) is 42.5 Å². The van der Waals surface area contributed by atoms with Crippen LogP contribution in [0.5, 0.6) is 0 Å². The van der Waals surface area contributed by atoms with Crippen molar-refractivity contribution >= 4 is 23.6 Å². The van der Waals surface area contributed by atoms with Crippen LogP contribution in [0.2, 0.25) is 0 Å². The number of likely N-dealkylation sites (N-methyl/N-ethyl adjacent to an activating group) is 1. The highest BCUT2D eigenvalue weighted by molar-refractivity contribution is 7.98. The number of rotatable bonds is 9. The number of benzene rings is 3. The summed E-state index contributed by atoms with van der Waals surface area (Å²) in [7, 11) is 0. The van der Waals surface area contributed by atoms with Crippen LogP contribution in [-0.2, 0) is 29.7 Å². The topological polar surface area (TPSA) is 83.6 Å². The second-order valence-electron chi connectivity index (χ2n) is 13.0. The highest BCUT2D eigenvalue weighted by Crippen LogP contribution is 2.54. The van der Waals surface area contributed by atoms with Gasteiger partial charge in [0, 0.05) is 29.3 Å². The lowest BCUT2D eigenvalue weighted by Crippen LogP contribution is -2.55. The van der Waals surface area contributed by atoms with E-state index in [-0.39, 0.29) is 24.4 Å². The molecule has 240 valence electrons. The van der Waals surface area contributed by atoms with Gasteiger partial charge in [-0.25, -0.2) is 4.79 Å². The van der Waals surface area contributed by atoms with Gasteiger partial charge in [0.2, 0.25) is 5.91 Å². The Kier molecular flexibility index (Phi) is 10.3. The first-order valence-electron chi connectivity index (χ1n) is 15.7. The van der Waals surface area contributed by atoms with Crippen LogP contribution < -0.4 is 5.73 Å². The van der Waals surface area contributed by atoms with Crippen LogP contribution in [0.3, 0.4) is 0 Å². The van der Waals surface area contributed by atoms with Crippen LogP contribution >= 0.6 is 11.8 Å². The number of nitrogens with zero attached hydrogens (tertiary/aromatic N) is 1. The van der Waals surface area contributed by atoms with Gasteiger partial charge in [-0.15, -0.1) is 11.8 Å². The fourth-order valence-electron chi connectivity index (χ4n) is 7.58. The van der Waals surface area contributed by atoms with E-state index < -0.39 is 17.7 Å². The van der Waals surface area contributed by atoms with Crippen molar-refractivity contribution in [2.24, 2.45) is 23.5 Å². The number of thioether (sulfide) groups is 1. The molecule has 0 saturated heterocycles. The van der Waals surface area contributed by atoms with Crippen molar-refractivity contribution in [2.75, 3.05) is 6.54 Å². The lowest BCUT2D eigenvalue weighted by molar-refractivity contribution is -0.137. The number of hydrogen-bond donors (Lipinski definition) is 2. The van der Waals surface area contributed by atoms with E-state index in [2.05, 4.69) is 0 Å². The first-order valence-corrected chi connectivity index (χ1v) is 16.6. The Bertz CT molecular complexity index is 1440. The Balaban J connectivity index is 0.000000298. The second-order valence-corrected chi connectivity index (χ2v) is 14.0. The molecule has 4 saturated carbocycles.